The van der Waals surface area contributed by atoms with Gasteiger partial charge in [-0.05, 0) is 43.7 Å². The van der Waals surface area contributed by atoms with Crippen molar-refractivity contribution in [1.82, 2.24) is 0 Å². The van der Waals surface area contributed by atoms with Gasteiger partial charge in [-0.2, -0.15) is 5.10 Å². The third kappa shape index (κ3) is 4.79. The van der Waals surface area contributed by atoms with Crippen LogP contribution in [0.2, 0.25) is 0 Å². The molecule has 2 aromatic carbocycles. The SMILES string of the molecule is Cc1ccc(NS(=O)(=O)c2cc([N+](=O)[O-])ccc2N/N=C\c2ccco2)c(C)c1. The second-order valence-corrected chi connectivity index (χ2v) is 7.90. The number of rotatable bonds is 7. The number of non-ortho nitro benzene ring substituents is 1. The van der Waals surface area contributed by atoms with E-state index in [0.717, 1.165) is 17.2 Å². The average molecular weight is 414 g/mol. The molecule has 10 heteroatoms. The van der Waals surface area contributed by atoms with Gasteiger partial charge in [0, 0.05) is 12.1 Å². The fourth-order valence-corrected chi connectivity index (χ4v) is 3.90. The number of nitro groups is 1. The molecule has 0 radical (unpaired) electrons. The number of hydrogen-bond donors (Lipinski definition) is 2. The molecule has 0 unspecified atom stereocenters. The van der Waals surface area contributed by atoms with Gasteiger partial charge in [-0.15, -0.1) is 0 Å². The minimum Gasteiger partial charge on any atom is -0.463 e. The number of nitrogens with one attached hydrogen (secondary N) is 2. The highest BCUT2D eigenvalue weighted by atomic mass is 32.2. The van der Waals surface area contributed by atoms with Crippen molar-refractivity contribution in [3.63, 3.8) is 0 Å². The number of hydrogen-bond acceptors (Lipinski definition) is 7. The van der Waals surface area contributed by atoms with Gasteiger partial charge in [-0.25, -0.2) is 8.42 Å². The Labute approximate surface area is 167 Å². The molecule has 0 aliphatic rings. The fourth-order valence-electron chi connectivity index (χ4n) is 2.60. The van der Waals surface area contributed by atoms with Gasteiger partial charge in [0.2, 0.25) is 0 Å². The number of sulfonamides is 1. The first kappa shape index (κ1) is 20.1. The van der Waals surface area contributed by atoms with Crippen molar-refractivity contribution in [3.05, 3.63) is 81.8 Å². The molecule has 0 aliphatic carbocycles. The first-order chi connectivity index (χ1) is 13.8. The summed E-state index contributed by atoms with van der Waals surface area (Å²) in [5, 5.41) is 15.1. The summed E-state index contributed by atoms with van der Waals surface area (Å²) < 4.78 is 33.6. The molecule has 0 amide bonds. The fraction of sp³-hybridized carbons (Fsp3) is 0.105. The van der Waals surface area contributed by atoms with E-state index in [-0.39, 0.29) is 16.3 Å². The molecule has 3 rings (SSSR count). The summed E-state index contributed by atoms with van der Waals surface area (Å²) in [6.07, 6.45) is 2.83. The van der Waals surface area contributed by atoms with Crippen molar-refractivity contribution in [2.24, 2.45) is 5.10 Å². The summed E-state index contributed by atoms with van der Waals surface area (Å²) in [5.74, 6) is 0.456. The highest BCUT2D eigenvalue weighted by Crippen LogP contribution is 2.29. The van der Waals surface area contributed by atoms with Gasteiger partial charge in [-0.1, -0.05) is 17.7 Å². The third-order valence-corrected chi connectivity index (χ3v) is 5.42. The van der Waals surface area contributed by atoms with Crippen LogP contribution in [0.3, 0.4) is 0 Å². The molecule has 9 nitrogen and oxygen atoms in total. The molecule has 0 bridgehead atoms. The first-order valence-corrected chi connectivity index (χ1v) is 9.96. The van der Waals surface area contributed by atoms with Crippen molar-refractivity contribution in [2.45, 2.75) is 18.7 Å². The van der Waals surface area contributed by atoms with Crippen molar-refractivity contribution in [1.29, 1.82) is 0 Å². The van der Waals surface area contributed by atoms with Gasteiger partial charge in [0.25, 0.3) is 15.7 Å². The molecule has 0 saturated heterocycles. The van der Waals surface area contributed by atoms with Gasteiger partial charge in [0.05, 0.1) is 28.8 Å². The van der Waals surface area contributed by atoms with Crippen LogP contribution in [0.4, 0.5) is 17.1 Å². The summed E-state index contributed by atoms with van der Waals surface area (Å²) in [5.41, 5.74) is 4.42. The first-order valence-electron chi connectivity index (χ1n) is 8.47. The second-order valence-electron chi connectivity index (χ2n) is 6.25. The summed E-state index contributed by atoms with van der Waals surface area (Å²) in [4.78, 5) is 10.2. The van der Waals surface area contributed by atoms with E-state index < -0.39 is 14.9 Å². The monoisotopic (exact) mass is 414 g/mol. The zero-order chi connectivity index (χ0) is 21.0. The van der Waals surface area contributed by atoms with E-state index in [4.69, 9.17) is 4.42 Å². The molecule has 0 atom stereocenters. The van der Waals surface area contributed by atoms with Gasteiger partial charge < -0.3 is 4.42 Å². The van der Waals surface area contributed by atoms with Crippen LogP contribution < -0.4 is 10.1 Å². The maximum atomic E-state index is 13.0. The van der Waals surface area contributed by atoms with Gasteiger partial charge in [0.15, 0.2) is 0 Å². The predicted molar refractivity (Wildman–Crippen MR) is 110 cm³/mol. The highest BCUT2D eigenvalue weighted by Gasteiger charge is 2.23. The number of aryl methyl sites for hydroxylation is 2. The molecule has 0 saturated carbocycles. The molecule has 0 aliphatic heterocycles. The molecule has 3 aromatic rings. The van der Waals surface area contributed by atoms with Gasteiger partial charge in [0.1, 0.15) is 10.7 Å². The van der Waals surface area contributed by atoms with Crippen molar-refractivity contribution >= 4 is 33.3 Å². The largest absolute Gasteiger partial charge is 0.463 e. The number of nitro benzene ring substituents is 1. The zero-order valence-corrected chi connectivity index (χ0v) is 16.4. The van der Waals surface area contributed by atoms with E-state index in [0.29, 0.717) is 11.4 Å². The Bertz CT molecular complexity index is 1170. The molecular formula is C19H18N4O5S. The molecule has 2 N–H and O–H groups in total. The van der Waals surface area contributed by atoms with Crippen LogP contribution in [-0.2, 0) is 10.0 Å². The standard InChI is InChI=1S/C19H18N4O5S/c1-13-5-7-17(14(2)10-13)22-29(26,27)19-11-15(23(24)25)6-8-18(19)21-20-12-16-4-3-9-28-16/h3-12,21-22H,1-2H3/b20-12-. The van der Waals surface area contributed by atoms with Crippen molar-refractivity contribution in [3.8, 4) is 0 Å². The minimum atomic E-state index is -4.13. The van der Waals surface area contributed by atoms with Crippen molar-refractivity contribution in [2.75, 3.05) is 10.1 Å². The van der Waals surface area contributed by atoms with Crippen LogP contribution >= 0.6 is 0 Å². The van der Waals surface area contributed by atoms with E-state index in [1.165, 1.54) is 24.6 Å². The summed E-state index contributed by atoms with van der Waals surface area (Å²) in [7, 11) is -4.13. The molecular weight excluding hydrogens is 396 g/mol. The summed E-state index contributed by atoms with van der Waals surface area (Å²) >= 11 is 0. The highest BCUT2D eigenvalue weighted by molar-refractivity contribution is 7.92. The molecule has 150 valence electrons. The lowest BCUT2D eigenvalue weighted by Crippen LogP contribution is -2.15. The topological polar surface area (TPSA) is 127 Å². The van der Waals surface area contributed by atoms with Crippen LogP contribution in [0.5, 0.6) is 0 Å². The molecule has 29 heavy (non-hydrogen) atoms. The lowest BCUT2D eigenvalue weighted by molar-refractivity contribution is -0.385. The Morgan fingerprint density at radius 1 is 1.10 bits per heavy atom. The van der Waals surface area contributed by atoms with Crippen LogP contribution in [0, 0.1) is 24.0 Å². The molecule has 1 aromatic heterocycles. The third-order valence-electron chi connectivity index (χ3n) is 4.01. The normalized spacial score (nSPS) is 11.5. The van der Waals surface area contributed by atoms with Crippen LogP contribution in [0.1, 0.15) is 16.9 Å². The van der Waals surface area contributed by atoms with E-state index in [1.54, 1.807) is 31.2 Å². The number of furan rings is 1. The number of hydrazone groups is 1. The molecule has 1 heterocycles. The van der Waals surface area contributed by atoms with Crippen molar-refractivity contribution < 1.29 is 17.8 Å². The van der Waals surface area contributed by atoms with E-state index >= 15 is 0 Å². The maximum Gasteiger partial charge on any atom is 0.270 e. The summed E-state index contributed by atoms with van der Waals surface area (Å²) in [6, 6.07) is 12.0. The van der Waals surface area contributed by atoms with E-state index in [9.17, 15) is 18.5 Å². The molecule has 0 spiro atoms. The minimum absolute atomic E-state index is 0.0793. The van der Waals surface area contributed by atoms with Crippen LogP contribution in [0.15, 0.2) is 69.2 Å². The van der Waals surface area contributed by atoms with Crippen LogP contribution in [0.25, 0.3) is 0 Å². The van der Waals surface area contributed by atoms with Gasteiger partial charge >= 0.3 is 0 Å². The zero-order valence-electron chi connectivity index (χ0n) is 15.6. The number of benzene rings is 2. The quantitative estimate of drug-likeness (QED) is 0.341. The second kappa shape index (κ2) is 8.15. The Kier molecular flexibility index (Phi) is 5.64. The van der Waals surface area contributed by atoms with E-state index in [1.807, 2.05) is 13.0 Å². The van der Waals surface area contributed by atoms with E-state index in [2.05, 4.69) is 15.2 Å². The Morgan fingerprint density at radius 2 is 1.86 bits per heavy atom. The average Bonchev–Trinajstić information content (AvgIpc) is 3.17. The van der Waals surface area contributed by atoms with Crippen LogP contribution in [-0.4, -0.2) is 19.6 Å². The Hall–Kier alpha value is -3.66. The molecule has 0 fully saturated rings. The summed E-state index contributed by atoms with van der Waals surface area (Å²) in [6.45, 7) is 3.66. The Balaban J connectivity index is 1.97. The van der Waals surface area contributed by atoms with Gasteiger partial charge in [-0.3, -0.25) is 20.3 Å². The predicted octanol–water partition coefficient (Wildman–Crippen LogP) is 4.05. The Morgan fingerprint density at radius 3 is 2.52 bits per heavy atom. The maximum absolute atomic E-state index is 13.0. The lowest BCUT2D eigenvalue weighted by atomic mass is 10.1. The lowest BCUT2D eigenvalue weighted by Gasteiger charge is -2.14. The number of anilines is 2. The number of nitrogens with zero attached hydrogens (tertiary/aromatic N) is 2. The smallest absolute Gasteiger partial charge is 0.270 e.